The molecule has 2 aromatic carbocycles. The van der Waals surface area contributed by atoms with Gasteiger partial charge < -0.3 is 16.5 Å². The summed E-state index contributed by atoms with van der Waals surface area (Å²) in [6, 6.07) is 6.86. The number of nitrogens with two attached hydrogens (primary N) is 2. The van der Waals surface area contributed by atoms with Crippen LogP contribution in [0.5, 0.6) is 0 Å². The monoisotopic (exact) mass is 341 g/mol. The molecule has 0 bridgehead atoms. The summed E-state index contributed by atoms with van der Waals surface area (Å²) in [7, 11) is 0. The second-order valence-electron chi connectivity index (χ2n) is 6.46. The molecule has 3 aromatic rings. The maximum absolute atomic E-state index is 14.4. The van der Waals surface area contributed by atoms with Gasteiger partial charge in [0.05, 0.1) is 16.6 Å². The predicted molar refractivity (Wildman–Crippen MR) is 92.2 cm³/mol. The summed E-state index contributed by atoms with van der Waals surface area (Å²) in [4.78, 5) is 15.0. The fraction of sp³-hybridized carbons (Fsp3) is 0.211. The molecule has 4 rings (SSSR count). The number of H-pyrrole nitrogens is 1. The van der Waals surface area contributed by atoms with Gasteiger partial charge in [0.2, 0.25) is 0 Å². The molecular formula is C19H17F2N3O. The molecule has 1 atom stereocenters. The lowest BCUT2D eigenvalue weighted by Gasteiger charge is -2.18. The topological polar surface area (TPSA) is 84.9 Å². The Hall–Kier alpha value is -2.73. The lowest BCUT2D eigenvalue weighted by atomic mass is 9.88. The van der Waals surface area contributed by atoms with E-state index in [1.54, 1.807) is 6.07 Å². The molecule has 0 aliphatic heterocycles. The minimum Gasteiger partial charge on any atom is -0.366 e. The highest BCUT2D eigenvalue weighted by molar-refractivity contribution is 6.10. The van der Waals surface area contributed by atoms with Crippen LogP contribution in [0.4, 0.5) is 8.78 Å². The molecule has 0 saturated heterocycles. The molecule has 25 heavy (non-hydrogen) atoms. The van der Waals surface area contributed by atoms with Gasteiger partial charge in [-0.2, -0.15) is 0 Å². The summed E-state index contributed by atoms with van der Waals surface area (Å²) in [5.41, 5.74) is 14.5. The standard InChI is InChI=1S/C19H17F2N3O/c20-13-2-1-3-14(21)17(13)11-6-7-12(19(23)25)18-16(11)10-5-4-9(22)8-15(10)24-18/h1-3,6-7,9,24H,4-5,8,22H2,(H2,23,25). The molecule has 0 radical (unpaired) electrons. The van der Waals surface area contributed by atoms with E-state index >= 15 is 0 Å². The quantitative estimate of drug-likeness (QED) is 0.669. The van der Waals surface area contributed by atoms with Gasteiger partial charge in [-0.15, -0.1) is 0 Å². The number of carbonyl (C=O) groups excluding carboxylic acids is 1. The zero-order chi connectivity index (χ0) is 17.7. The lowest BCUT2D eigenvalue weighted by molar-refractivity contribution is 0.100. The minimum absolute atomic E-state index is 0.0197. The number of hydrogen-bond donors (Lipinski definition) is 3. The van der Waals surface area contributed by atoms with E-state index in [4.69, 9.17) is 11.5 Å². The smallest absolute Gasteiger partial charge is 0.250 e. The number of halogens is 2. The number of primary amides is 1. The molecule has 0 fully saturated rings. The lowest BCUT2D eigenvalue weighted by Crippen LogP contribution is -2.27. The van der Waals surface area contributed by atoms with Gasteiger partial charge in [-0.1, -0.05) is 12.1 Å². The molecule has 0 saturated carbocycles. The maximum atomic E-state index is 14.4. The van der Waals surface area contributed by atoms with Crippen molar-refractivity contribution in [1.29, 1.82) is 0 Å². The normalized spacial score (nSPS) is 16.8. The van der Waals surface area contributed by atoms with Crippen LogP contribution in [0.2, 0.25) is 0 Å². The van der Waals surface area contributed by atoms with Gasteiger partial charge >= 0.3 is 0 Å². The van der Waals surface area contributed by atoms with Crippen molar-refractivity contribution in [3.05, 3.63) is 58.8 Å². The van der Waals surface area contributed by atoms with Crippen molar-refractivity contribution >= 4 is 16.8 Å². The van der Waals surface area contributed by atoms with Crippen molar-refractivity contribution < 1.29 is 13.6 Å². The van der Waals surface area contributed by atoms with Crippen molar-refractivity contribution in [2.24, 2.45) is 11.5 Å². The van der Waals surface area contributed by atoms with Crippen LogP contribution in [-0.4, -0.2) is 16.9 Å². The number of fused-ring (bicyclic) bond motifs is 3. The molecule has 0 spiro atoms. The molecule has 1 unspecified atom stereocenters. The summed E-state index contributed by atoms with van der Waals surface area (Å²) in [5.74, 6) is -1.88. The minimum atomic E-state index is -0.643. The average molecular weight is 341 g/mol. The van der Waals surface area contributed by atoms with Crippen molar-refractivity contribution in [3.63, 3.8) is 0 Å². The summed E-state index contributed by atoms with van der Waals surface area (Å²) in [6.45, 7) is 0. The largest absolute Gasteiger partial charge is 0.366 e. The van der Waals surface area contributed by atoms with Gasteiger partial charge in [0, 0.05) is 23.5 Å². The van der Waals surface area contributed by atoms with Crippen molar-refractivity contribution in [2.45, 2.75) is 25.3 Å². The predicted octanol–water partition coefficient (Wildman–Crippen LogP) is 3.03. The van der Waals surface area contributed by atoms with Crippen LogP contribution in [-0.2, 0) is 12.8 Å². The summed E-state index contributed by atoms with van der Waals surface area (Å²) >= 11 is 0. The van der Waals surface area contributed by atoms with Crippen LogP contribution in [0, 0.1) is 11.6 Å². The molecule has 1 aliphatic rings. The fourth-order valence-corrected chi connectivity index (χ4v) is 3.74. The number of aryl methyl sites for hydroxylation is 1. The van der Waals surface area contributed by atoms with Crippen molar-refractivity contribution in [1.82, 2.24) is 4.98 Å². The SMILES string of the molecule is NC(=O)c1ccc(-c2c(F)cccc2F)c2c3c([nH]c12)CC(N)CC3. The van der Waals surface area contributed by atoms with E-state index in [0.717, 1.165) is 17.7 Å². The molecule has 128 valence electrons. The van der Waals surface area contributed by atoms with E-state index in [1.165, 1.54) is 24.3 Å². The number of nitrogens with one attached hydrogen (secondary N) is 1. The molecule has 1 amide bonds. The third-order valence-corrected chi connectivity index (χ3v) is 4.88. The number of rotatable bonds is 2. The second kappa shape index (κ2) is 5.67. The van der Waals surface area contributed by atoms with E-state index in [1.807, 2.05) is 0 Å². The Kier molecular flexibility index (Phi) is 3.58. The number of aromatic nitrogens is 1. The number of carbonyl (C=O) groups is 1. The van der Waals surface area contributed by atoms with Crippen LogP contribution in [0.3, 0.4) is 0 Å². The number of aromatic amines is 1. The van der Waals surface area contributed by atoms with Gasteiger partial charge in [0.1, 0.15) is 11.6 Å². The fourth-order valence-electron chi connectivity index (χ4n) is 3.74. The second-order valence-corrected chi connectivity index (χ2v) is 6.46. The summed E-state index contributed by atoms with van der Waals surface area (Å²) in [5, 5.41) is 0.655. The molecule has 5 N–H and O–H groups in total. The molecule has 1 aromatic heterocycles. The molecular weight excluding hydrogens is 324 g/mol. The van der Waals surface area contributed by atoms with E-state index in [-0.39, 0.29) is 11.6 Å². The van der Waals surface area contributed by atoms with Crippen molar-refractivity contribution in [2.75, 3.05) is 0 Å². The average Bonchev–Trinajstić information content (AvgIpc) is 2.92. The van der Waals surface area contributed by atoms with Gasteiger partial charge in [-0.3, -0.25) is 4.79 Å². The first-order valence-electron chi connectivity index (χ1n) is 8.13. The highest BCUT2D eigenvalue weighted by Crippen LogP contribution is 2.39. The summed E-state index contributed by atoms with van der Waals surface area (Å²) in [6.07, 6.45) is 2.09. The zero-order valence-corrected chi connectivity index (χ0v) is 13.4. The molecule has 4 nitrogen and oxygen atoms in total. The van der Waals surface area contributed by atoms with Crippen LogP contribution >= 0.6 is 0 Å². The Bertz CT molecular complexity index is 989. The first kappa shape index (κ1) is 15.8. The van der Waals surface area contributed by atoms with Crippen LogP contribution in [0.25, 0.3) is 22.0 Å². The zero-order valence-electron chi connectivity index (χ0n) is 13.4. The van der Waals surface area contributed by atoms with E-state index in [2.05, 4.69) is 4.98 Å². The Balaban J connectivity index is 2.10. The van der Waals surface area contributed by atoms with Gasteiger partial charge in [-0.25, -0.2) is 8.78 Å². The molecule has 6 heteroatoms. The molecule has 1 aliphatic carbocycles. The Morgan fingerprint density at radius 3 is 2.56 bits per heavy atom. The number of benzene rings is 2. The van der Waals surface area contributed by atoms with Gasteiger partial charge in [-0.05, 0) is 42.2 Å². The van der Waals surface area contributed by atoms with E-state index in [0.29, 0.717) is 34.9 Å². The molecule has 1 heterocycles. The van der Waals surface area contributed by atoms with Crippen molar-refractivity contribution in [3.8, 4) is 11.1 Å². The van der Waals surface area contributed by atoms with E-state index < -0.39 is 17.5 Å². The first-order chi connectivity index (χ1) is 12.0. The van der Waals surface area contributed by atoms with Crippen LogP contribution < -0.4 is 11.5 Å². The van der Waals surface area contributed by atoms with Gasteiger partial charge in [0.25, 0.3) is 5.91 Å². The number of amides is 1. The Morgan fingerprint density at radius 1 is 1.16 bits per heavy atom. The highest BCUT2D eigenvalue weighted by Gasteiger charge is 2.26. The summed E-state index contributed by atoms with van der Waals surface area (Å²) < 4.78 is 28.7. The number of hydrogen-bond acceptors (Lipinski definition) is 2. The van der Waals surface area contributed by atoms with E-state index in [9.17, 15) is 13.6 Å². The first-order valence-corrected chi connectivity index (χ1v) is 8.13. The Labute approximate surface area is 142 Å². The Morgan fingerprint density at radius 2 is 1.88 bits per heavy atom. The highest BCUT2D eigenvalue weighted by atomic mass is 19.1. The third-order valence-electron chi connectivity index (χ3n) is 4.88. The van der Waals surface area contributed by atoms with Crippen LogP contribution in [0.15, 0.2) is 30.3 Å². The van der Waals surface area contributed by atoms with Gasteiger partial charge in [0.15, 0.2) is 0 Å². The third kappa shape index (κ3) is 2.41. The maximum Gasteiger partial charge on any atom is 0.250 e. The van der Waals surface area contributed by atoms with Crippen LogP contribution in [0.1, 0.15) is 28.0 Å².